The molecule has 0 radical (unpaired) electrons. The number of rotatable bonds is 4. The minimum absolute atomic E-state index is 0. The van der Waals surface area contributed by atoms with Gasteiger partial charge in [-0.05, 0) is 48.3 Å². The molecule has 7 aromatic rings. The third kappa shape index (κ3) is 6.12. The fourth-order valence-electron chi connectivity index (χ4n) is 6.01. The van der Waals surface area contributed by atoms with Crippen molar-refractivity contribution in [2.24, 2.45) is 0 Å². The van der Waals surface area contributed by atoms with Crippen molar-refractivity contribution in [3.05, 3.63) is 132 Å². The molecule has 46 heavy (non-hydrogen) atoms. The van der Waals surface area contributed by atoms with Gasteiger partial charge in [0, 0.05) is 17.9 Å². The molecule has 4 heterocycles. The molecule has 1 aliphatic heterocycles. The van der Waals surface area contributed by atoms with Crippen molar-refractivity contribution in [1.82, 2.24) is 9.97 Å². The Balaban J connectivity index is 0.000000187. The fourth-order valence-corrected chi connectivity index (χ4v) is 9.34. The van der Waals surface area contributed by atoms with Crippen molar-refractivity contribution in [1.29, 1.82) is 0 Å². The van der Waals surface area contributed by atoms with Crippen LogP contribution in [0.2, 0.25) is 17.3 Å². The minimum Gasteiger partial charge on any atom is 3.00 e. The number of anilines is 1. The van der Waals surface area contributed by atoms with Crippen LogP contribution >= 0.6 is 11.3 Å². The summed E-state index contributed by atoms with van der Waals surface area (Å²) in [4.78, 5) is 12.6. The molecular formula is C39H35GeIrN4S. The summed E-state index contributed by atoms with van der Waals surface area (Å²) in [5.41, 5.74) is 5.51. The van der Waals surface area contributed by atoms with Gasteiger partial charge in [0.15, 0.2) is 0 Å². The Morgan fingerprint density at radius 1 is 0.804 bits per heavy atom. The van der Waals surface area contributed by atoms with Crippen LogP contribution in [0.5, 0.6) is 0 Å². The molecule has 1 aliphatic rings. The van der Waals surface area contributed by atoms with Crippen LogP contribution in [0.25, 0.3) is 47.6 Å². The molecular weight excluding hydrogens is 821 g/mol. The van der Waals surface area contributed by atoms with E-state index >= 15 is 0 Å². The third-order valence-electron chi connectivity index (χ3n) is 8.34. The van der Waals surface area contributed by atoms with Gasteiger partial charge in [-0.25, -0.2) is 4.98 Å². The summed E-state index contributed by atoms with van der Waals surface area (Å²) in [5.74, 6) is 7.14. The largest absolute Gasteiger partial charge is 3.00 e. The number of fused-ring (bicyclic) bond motifs is 6. The molecule has 4 nitrogen and oxygen atoms in total. The van der Waals surface area contributed by atoms with Crippen molar-refractivity contribution in [3.8, 4) is 11.3 Å². The third-order valence-corrected chi connectivity index (χ3v) is 13.8. The Morgan fingerprint density at radius 3 is 2.35 bits per heavy atom. The Labute approximate surface area is 291 Å². The summed E-state index contributed by atoms with van der Waals surface area (Å²) < 4.78 is 2.68. The molecule has 0 amide bonds. The zero-order chi connectivity index (χ0) is 31.1. The summed E-state index contributed by atoms with van der Waals surface area (Å²) in [7, 11) is 0. The first-order valence-corrected chi connectivity index (χ1v) is 23.6. The maximum atomic E-state index is 5.25. The zero-order valence-electron chi connectivity index (χ0n) is 26.6. The number of thiophene rings is 1. The molecule has 0 saturated carbocycles. The van der Waals surface area contributed by atoms with Crippen LogP contribution in [0, 0.1) is 12.1 Å². The van der Waals surface area contributed by atoms with E-state index in [1.807, 2.05) is 48.8 Å². The van der Waals surface area contributed by atoms with E-state index in [1.54, 1.807) is 11.3 Å². The molecule has 7 heteroatoms. The standard InChI is InChI=1S/C25H19N3S.C14H16GeN.Ir/c1-15(2)28-21-13-12-16-7-3-4-8-17(16)22(21)27-24(28)20-10-5-9-18-19-11-6-14-26-25(19)29-23(18)20;1-15(2,3)13-9-10-14(16-11-13)12-7-5-4-6-8-12;/h3-9,11-15,24H,1-2H3;4-7,9-11H,1-3H3;/q-2;-1;+3. The normalized spacial score (nSPS) is 14.1. The molecule has 0 spiro atoms. The van der Waals surface area contributed by atoms with Crippen molar-refractivity contribution in [2.75, 3.05) is 4.90 Å². The molecule has 1 atom stereocenters. The number of benzene rings is 4. The fraction of sp³-hybridized carbons (Fsp3) is 0.179. The predicted octanol–water partition coefficient (Wildman–Crippen LogP) is 10.4. The van der Waals surface area contributed by atoms with Crippen LogP contribution in [0.1, 0.15) is 25.6 Å². The second kappa shape index (κ2) is 13.3. The van der Waals surface area contributed by atoms with Crippen molar-refractivity contribution < 1.29 is 20.1 Å². The van der Waals surface area contributed by atoms with Gasteiger partial charge < -0.3 is 10.2 Å². The topological polar surface area (TPSA) is 43.1 Å². The number of pyridine rings is 2. The van der Waals surface area contributed by atoms with E-state index < -0.39 is 13.3 Å². The first kappa shape index (κ1) is 32.4. The van der Waals surface area contributed by atoms with E-state index in [0.29, 0.717) is 6.04 Å². The van der Waals surface area contributed by atoms with E-state index in [0.717, 1.165) is 27.3 Å². The SMILES string of the molecule is CC(C)N1c2ccc3ccccc3c2[N-]C1c1[c-]ccc2c1sc1ncccc12.[CH3][Ge]([CH3])([CH3])[c]1ccc(-c2[c-]cccc2)nc1.[Ir+3]. The zero-order valence-corrected chi connectivity index (χ0v) is 31.9. The van der Waals surface area contributed by atoms with Crippen molar-refractivity contribution in [3.63, 3.8) is 0 Å². The average molecular weight is 857 g/mol. The van der Waals surface area contributed by atoms with Crippen LogP contribution in [0.4, 0.5) is 11.4 Å². The molecule has 0 N–H and O–H groups in total. The first-order valence-electron chi connectivity index (χ1n) is 15.4. The maximum absolute atomic E-state index is 5.25. The van der Waals surface area contributed by atoms with Crippen LogP contribution in [-0.4, -0.2) is 29.3 Å². The van der Waals surface area contributed by atoms with Crippen molar-refractivity contribution in [2.45, 2.75) is 43.3 Å². The van der Waals surface area contributed by atoms with Crippen LogP contribution in [0.15, 0.2) is 109 Å². The Hall–Kier alpha value is -3.55. The van der Waals surface area contributed by atoms with Gasteiger partial charge in [0.1, 0.15) is 4.83 Å². The van der Waals surface area contributed by atoms with Gasteiger partial charge in [0.05, 0.1) is 0 Å². The first-order chi connectivity index (χ1) is 21.8. The van der Waals surface area contributed by atoms with Crippen LogP contribution in [-0.2, 0) is 20.1 Å². The van der Waals surface area contributed by atoms with E-state index in [9.17, 15) is 0 Å². The van der Waals surface area contributed by atoms with Gasteiger partial charge in [-0.3, -0.25) is 0 Å². The molecule has 1 unspecified atom stereocenters. The van der Waals surface area contributed by atoms with E-state index in [4.69, 9.17) is 5.32 Å². The molecule has 4 aromatic carbocycles. The monoisotopic (exact) mass is 858 g/mol. The average Bonchev–Trinajstić information content (AvgIpc) is 3.65. The second-order valence-corrected chi connectivity index (χ2v) is 24.4. The summed E-state index contributed by atoms with van der Waals surface area (Å²) in [6, 6.07) is 40.6. The van der Waals surface area contributed by atoms with Gasteiger partial charge >= 0.3 is 120 Å². The van der Waals surface area contributed by atoms with Crippen LogP contribution < -0.4 is 9.30 Å². The smallest absolute Gasteiger partial charge is 3.00 e. The summed E-state index contributed by atoms with van der Waals surface area (Å²) in [5, 5.41) is 10.1. The minimum atomic E-state index is -1.72. The molecule has 0 fully saturated rings. The quantitative estimate of drug-likeness (QED) is 0.131. The summed E-state index contributed by atoms with van der Waals surface area (Å²) in [6.07, 6.45) is 3.83. The van der Waals surface area contributed by atoms with E-state index in [2.05, 4.69) is 119 Å². The predicted molar refractivity (Wildman–Crippen MR) is 195 cm³/mol. The number of aromatic nitrogens is 2. The number of hydrogen-bond acceptors (Lipinski definition) is 4. The maximum Gasteiger partial charge on any atom is 3.00 e. The Kier molecular flexibility index (Phi) is 9.36. The molecule has 8 rings (SSSR count). The molecule has 0 aliphatic carbocycles. The van der Waals surface area contributed by atoms with Gasteiger partial charge in [0.25, 0.3) is 0 Å². The Morgan fingerprint density at radius 2 is 1.61 bits per heavy atom. The summed E-state index contributed by atoms with van der Waals surface area (Å²) in [6.45, 7) is 4.47. The molecule has 3 aromatic heterocycles. The van der Waals surface area contributed by atoms with E-state index in [1.165, 1.54) is 36.3 Å². The molecule has 0 bridgehead atoms. The van der Waals surface area contributed by atoms with Gasteiger partial charge in [-0.15, -0.1) is 16.6 Å². The van der Waals surface area contributed by atoms with Gasteiger partial charge in [-0.2, -0.15) is 29.5 Å². The molecule has 0 saturated heterocycles. The Bertz CT molecular complexity index is 2120. The van der Waals surface area contributed by atoms with Crippen molar-refractivity contribution >= 4 is 71.4 Å². The summed E-state index contributed by atoms with van der Waals surface area (Å²) >= 11 is 0.0263. The van der Waals surface area contributed by atoms with Gasteiger partial charge in [0.2, 0.25) is 0 Å². The molecule has 230 valence electrons. The van der Waals surface area contributed by atoms with Gasteiger partial charge in [-0.1, -0.05) is 41.1 Å². The van der Waals surface area contributed by atoms with E-state index in [-0.39, 0.29) is 26.3 Å². The number of hydrogen-bond donors (Lipinski definition) is 0. The number of nitrogens with zero attached hydrogens (tertiary/aromatic N) is 4. The van der Waals surface area contributed by atoms with Crippen LogP contribution in [0.3, 0.4) is 0 Å². The second-order valence-electron chi connectivity index (χ2n) is 12.7.